The predicted octanol–water partition coefficient (Wildman–Crippen LogP) is -6.03. The molecule has 0 aromatic carbocycles. The third kappa shape index (κ3) is 3.80. The Morgan fingerprint density at radius 3 is 1.92 bits per heavy atom. The van der Waals surface area contributed by atoms with Crippen LogP contribution in [0.15, 0.2) is 0 Å². The van der Waals surface area contributed by atoms with Crippen molar-refractivity contribution < 1.29 is 60.2 Å². The molecule has 0 amide bonds. The molecule has 12 nitrogen and oxygen atoms in total. The fourth-order valence-corrected chi connectivity index (χ4v) is 2.73. The Labute approximate surface area is 142 Å². The largest absolute Gasteiger partial charge is 0.393 e. The molecule has 2 saturated heterocycles. The summed E-state index contributed by atoms with van der Waals surface area (Å²) in [6.45, 7) is -2.33. The van der Waals surface area contributed by atoms with Gasteiger partial charge in [0.2, 0.25) is 0 Å². The molecule has 0 aliphatic carbocycles. The van der Waals surface area contributed by atoms with Crippen LogP contribution in [-0.2, 0) is 14.2 Å². The second-order valence-electron chi connectivity index (χ2n) is 6.16. The zero-order valence-electron chi connectivity index (χ0n) is 13.1. The first-order valence-electron chi connectivity index (χ1n) is 7.61. The van der Waals surface area contributed by atoms with E-state index < -0.39 is 80.7 Å². The minimum Gasteiger partial charge on any atom is -0.393 e. The average Bonchev–Trinajstić information content (AvgIpc) is 2.61. The molecule has 2 fully saturated rings. The number of rotatable bonds is 5. The standard InChI is InChI=1S/C13H24O12/c14-2-13(3-15)10(21)7(18)9(20)12(25-13)23-1-4-5(16)6(17)8(19)11(22)24-4/h4-12,14-22H,1-3H2/t4-,5+,6+,7-,8-,9-,10-,11?,12-/m1/s1. The second kappa shape index (κ2) is 8.04. The van der Waals surface area contributed by atoms with Gasteiger partial charge in [0, 0.05) is 0 Å². The molecule has 0 radical (unpaired) electrons. The Hall–Kier alpha value is -0.480. The van der Waals surface area contributed by atoms with Gasteiger partial charge in [0.15, 0.2) is 12.6 Å². The molecule has 12 heteroatoms. The Morgan fingerprint density at radius 1 is 0.760 bits per heavy atom. The summed E-state index contributed by atoms with van der Waals surface area (Å²) in [5.41, 5.74) is -2.00. The molecule has 0 aromatic rings. The second-order valence-corrected chi connectivity index (χ2v) is 6.16. The molecule has 2 aliphatic rings. The van der Waals surface area contributed by atoms with Crippen LogP contribution in [0.4, 0.5) is 0 Å². The molecule has 0 saturated carbocycles. The number of aliphatic hydroxyl groups excluding tert-OH is 9. The number of aliphatic hydroxyl groups is 9. The molecule has 0 spiro atoms. The first-order valence-corrected chi connectivity index (χ1v) is 7.61. The molecule has 0 aromatic heterocycles. The van der Waals surface area contributed by atoms with Crippen molar-refractivity contribution in [3.05, 3.63) is 0 Å². The third-order valence-corrected chi connectivity index (χ3v) is 4.49. The summed E-state index contributed by atoms with van der Waals surface area (Å²) < 4.78 is 15.2. The fraction of sp³-hybridized carbons (Fsp3) is 1.00. The van der Waals surface area contributed by atoms with E-state index >= 15 is 0 Å². The van der Waals surface area contributed by atoms with Gasteiger partial charge in [-0.1, -0.05) is 0 Å². The molecule has 0 bridgehead atoms. The molecular formula is C13H24O12. The highest BCUT2D eigenvalue weighted by Crippen LogP contribution is 2.31. The van der Waals surface area contributed by atoms with Gasteiger partial charge < -0.3 is 60.2 Å². The smallest absolute Gasteiger partial charge is 0.187 e. The van der Waals surface area contributed by atoms with Crippen molar-refractivity contribution in [2.75, 3.05) is 19.8 Å². The average molecular weight is 372 g/mol. The van der Waals surface area contributed by atoms with Crippen LogP contribution in [-0.4, -0.2) is 127 Å². The highest BCUT2D eigenvalue weighted by Gasteiger charge is 2.54. The summed E-state index contributed by atoms with van der Waals surface area (Å²) in [6.07, 6.45) is -15.2. The van der Waals surface area contributed by atoms with Gasteiger partial charge in [-0.05, 0) is 0 Å². The molecule has 25 heavy (non-hydrogen) atoms. The summed E-state index contributed by atoms with van der Waals surface area (Å²) in [4.78, 5) is 0. The van der Waals surface area contributed by atoms with E-state index in [4.69, 9.17) is 14.2 Å². The number of ether oxygens (including phenoxy) is 3. The van der Waals surface area contributed by atoms with Crippen LogP contribution in [0.5, 0.6) is 0 Å². The SMILES string of the molecule is OCC1(CO)O[C@@H](OC[C@H]2OC(O)[C@H](O)[C@@H](O)[C@H]2O)[C@H](O)[C@@H](O)[C@H]1O. The van der Waals surface area contributed by atoms with Gasteiger partial charge >= 0.3 is 0 Å². The first kappa shape index (κ1) is 20.8. The summed E-state index contributed by atoms with van der Waals surface area (Å²) in [6, 6.07) is 0. The van der Waals surface area contributed by atoms with E-state index in [0.29, 0.717) is 0 Å². The van der Waals surface area contributed by atoms with Crippen LogP contribution in [0.1, 0.15) is 0 Å². The Morgan fingerprint density at radius 2 is 1.36 bits per heavy atom. The lowest BCUT2D eigenvalue weighted by molar-refractivity contribution is -0.355. The molecule has 148 valence electrons. The minimum atomic E-state index is -2.00. The van der Waals surface area contributed by atoms with E-state index in [1.54, 1.807) is 0 Å². The molecule has 2 aliphatic heterocycles. The van der Waals surface area contributed by atoms with Crippen molar-refractivity contribution in [1.29, 1.82) is 0 Å². The van der Waals surface area contributed by atoms with E-state index in [1.165, 1.54) is 0 Å². The van der Waals surface area contributed by atoms with Crippen molar-refractivity contribution in [1.82, 2.24) is 0 Å². The van der Waals surface area contributed by atoms with Crippen molar-refractivity contribution in [2.45, 2.75) is 60.9 Å². The molecule has 1 unspecified atom stereocenters. The van der Waals surface area contributed by atoms with Gasteiger partial charge in [0.25, 0.3) is 0 Å². The van der Waals surface area contributed by atoms with E-state index in [0.717, 1.165) is 0 Å². The van der Waals surface area contributed by atoms with Crippen molar-refractivity contribution in [3.8, 4) is 0 Å². The van der Waals surface area contributed by atoms with Crippen LogP contribution in [0.2, 0.25) is 0 Å². The maximum atomic E-state index is 9.91. The lowest BCUT2D eigenvalue weighted by atomic mass is 9.88. The van der Waals surface area contributed by atoms with Crippen LogP contribution in [0.25, 0.3) is 0 Å². The summed E-state index contributed by atoms with van der Waals surface area (Å²) in [5, 5.41) is 86.5. The maximum absolute atomic E-state index is 9.91. The first-order chi connectivity index (χ1) is 11.7. The fourth-order valence-electron chi connectivity index (χ4n) is 2.73. The number of hydrogen-bond acceptors (Lipinski definition) is 12. The molecule has 9 N–H and O–H groups in total. The minimum absolute atomic E-state index is 0.556. The molecule has 9 atom stereocenters. The molecular weight excluding hydrogens is 348 g/mol. The van der Waals surface area contributed by atoms with Gasteiger partial charge in [-0.3, -0.25) is 0 Å². The quantitative estimate of drug-likeness (QED) is 0.221. The van der Waals surface area contributed by atoms with Crippen LogP contribution >= 0.6 is 0 Å². The van der Waals surface area contributed by atoms with E-state index in [-0.39, 0.29) is 0 Å². The molecule has 2 rings (SSSR count). The highest BCUT2D eigenvalue weighted by atomic mass is 16.7. The normalized spacial score (nSPS) is 47.6. The van der Waals surface area contributed by atoms with Crippen molar-refractivity contribution >= 4 is 0 Å². The van der Waals surface area contributed by atoms with Crippen LogP contribution < -0.4 is 0 Å². The van der Waals surface area contributed by atoms with Crippen LogP contribution in [0.3, 0.4) is 0 Å². The van der Waals surface area contributed by atoms with Gasteiger partial charge in [-0.25, -0.2) is 0 Å². The van der Waals surface area contributed by atoms with Crippen molar-refractivity contribution in [3.63, 3.8) is 0 Å². The Balaban J connectivity index is 2.04. The molecule has 2 heterocycles. The summed E-state index contributed by atoms with van der Waals surface area (Å²) in [5.74, 6) is 0. The van der Waals surface area contributed by atoms with E-state index in [2.05, 4.69) is 0 Å². The Bertz CT molecular complexity index is 431. The van der Waals surface area contributed by atoms with Gasteiger partial charge in [-0.2, -0.15) is 0 Å². The third-order valence-electron chi connectivity index (χ3n) is 4.49. The number of hydrogen-bond donors (Lipinski definition) is 9. The highest BCUT2D eigenvalue weighted by molar-refractivity contribution is 5.00. The Kier molecular flexibility index (Phi) is 6.70. The zero-order chi connectivity index (χ0) is 18.9. The van der Waals surface area contributed by atoms with E-state index in [9.17, 15) is 46.0 Å². The maximum Gasteiger partial charge on any atom is 0.187 e. The monoisotopic (exact) mass is 372 g/mol. The van der Waals surface area contributed by atoms with E-state index in [1.807, 2.05) is 0 Å². The van der Waals surface area contributed by atoms with Crippen molar-refractivity contribution in [2.24, 2.45) is 0 Å². The predicted molar refractivity (Wildman–Crippen MR) is 74.6 cm³/mol. The summed E-state index contributed by atoms with van der Waals surface area (Å²) >= 11 is 0. The lowest BCUT2D eigenvalue weighted by Crippen LogP contribution is -2.68. The van der Waals surface area contributed by atoms with Gasteiger partial charge in [0.1, 0.15) is 48.3 Å². The zero-order valence-corrected chi connectivity index (χ0v) is 13.1. The van der Waals surface area contributed by atoms with Gasteiger partial charge in [0.05, 0.1) is 19.8 Å². The summed E-state index contributed by atoms with van der Waals surface area (Å²) in [7, 11) is 0. The van der Waals surface area contributed by atoms with Crippen LogP contribution in [0, 0.1) is 0 Å². The topological polar surface area (TPSA) is 210 Å². The van der Waals surface area contributed by atoms with Gasteiger partial charge in [-0.15, -0.1) is 0 Å². The lowest BCUT2D eigenvalue weighted by Gasteiger charge is -2.47.